The van der Waals surface area contributed by atoms with E-state index in [1.165, 1.54) is 44.9 Å². The van der Waals surface area contributed by atoms with Crippen LogP contribution in [0.5, 0.6) is 0 Å². The molecule has 118 valence electrons. The maximum absolute atomic E-state index is 5.74. The highest BCUT2D eigenvalue weighted by Crippen LogP contribution is 2.38. The summed E-state index contributed by atoms with van der Waals surface area (Å²) in [6, 6.07) is 0. The van der Waals surface area contributed by atoms with Gasteiger partial charge >= 0.3 is 0 Å². The Morgan fingerprint density at radius 3 is 2.48 bits per heavy atom. The van der Waals surface area contributed by atoms with Crippen molar-refractivity contribution in [3.8, 4) is 0 Å². The van der Waals surface area contributed by atoms with Gasteiger partial charge in [0.2, 0.25) is 5.89 Å². The molecule has 1 aliphatic carbocycles. The first kappa shape index (κ1) is 15.0. The average Bonchev–Trinajstić information content (AvgIpc) is 3.07. The van der Waals surface area contributed by atoms with E-state index in [-0.39, 0.29) is 5.41 Å². The second kappa shape index (κ2) is 6.47. The Bertz CT molecular complexity index is 441. The minimum atomic E-state index is 0.0485. The maximum atomic E-state index is 5.74. The van der Waals surface area contributed by atoms with Crippen LogP contribution in [-0.2, 0) is 5.41 Å². The molecule has 1 N–H and O–H groups in total. The number of aromatic nitrogens is 2. The van der Waals surface area contributed by atoms with E-state index in [0.29, 0.717) is 11.8 Å². The van der Waals surface area contributed by atoms with Crippen LogP contribution in [0, 0.1) is 5.92 Å². The standard InChI is InChI=1S/C17H29N3O/c1-13(2)17(10-11-18-12-17)16-19-15(20-21-16)14-8-6-4-3-5-7-9-14/h13-14,18H,3-12H2,1-2H3. The molecule has 0 aromatic carbocycles. The Morgan fingerprint density at radius 1 is 1.14 bits per heavy atom. The first-order chi connectivity index (χ1) is 10.2. The van der Waals surface area contributed by atoms with Crippen LogP contribution < -0.4 is 5.32 Å². The van der Waals surface area contributed by atoms with Gasteiger partial charge in [-0.3, -0.25) is 0 Å². The summed E-state index contributed by atoms with van der Waals surface area (Å²) in [5.41, 5.74) is 0.0485. The van der Waals surface area contributed by atoms with E-state index < -0.39 is 0 Å². The predicted molar refractivity (Wildman–Crippen MR) is 83.4 cm³/mol. The summed E-state index contributed by atoms with van der Waals surface area (Å²) in [6.45, 7) is 6.57. The van der Waals surface area contributed by atoms with Crippen molar-refractivity contribution < 1.29 is 4.52 Å². The summed E-state index contributed by atoms with van der Waals surface area (Å²) in [5, 5.41) is 7.84. The Balaban J connectivity index is 1.78. The highest BCUT2D eigenvalue weighted by atomic mass is 16.5. The highest BCUT2D eigenvalue weighted by Gasteiger charge is 2.43. The van der Waals surface area contributed by atoms with Gasteiger partial charge in [-0.05, 0) is 31.7 Å². The second-order valence-electron chi connectivity index (χ2n) is 7.24. The topological polar surface area (TPSA) is 51.0 Å². The molecule has 4 heteroatoms. The van der Waals surface area contributed by atoms with E-state index in [1.54, 1.807) is 0 Å². The number of nitrogens with one attached hydrogen (secondary N) is 1. The summed E-state index contributed by atoms with van der Waals surface area (Å²) in [4.78, 5) is 4.86. The predicted octanol–water partition coefficient (Wildman–Crippen LogP) is 3.78. The van der Waals surface area contributed by atoms with Gasteiger partial charge in [-0.1, -0.05) is 51.1 Å². The molecule has 0 radical (unpaired) electrons. The number of hydrogen-bond donors (Lipinski definition) is 1. The van der Waals surface area contributed by atoms with E-state index in [0.717, 1.165) is 31.2 Å². The van der Waals surface area contributed by atoms with Gasteiger partial charge in [0.25, 0.3) is 0 Å². The monoisotopic (exact) mass is 291 g/mol. The fourth-order valence-corrected chi connectivity index (χ4v) is 3.95. The smallest absolute Gasteiger partial charge is 0.234 e. The van der Waals surface area contributed by atoms with Crippen molar-refractivity contribution in [1.82, 2.24) is 15.5 Å². The number of hydrogen-bond acceptors (Lipinski definition) is 4. The van der Waals surface area contributed by atoms with Crippen LogP contribution in [0.15, 0.2) is 4.52 Å². The first-order valence-corrected chi connectivity index (χ1v) is 8.77. The number of rotatable bonds is 3. The lowest BCUT2D eigenvalue weighted by atomic mass is 9.76. The maximum Gasteiger partial charge on any atom is 0.234 e. The molecule has 21 heavy (non-hydrogen) atoms. The normalized spacial score (nSPS) is 28.7. The van der Waals surface area contributed by atoms with Crippen molar-refractivity contribution >= 4 is 0 Å². The van der Waals surface area contributed by atoms with Crippen LogP contribution in [0.1, 0.15) is 82.8 Å². The lowest BCUT2D eigenvalue weighted by molar-refractivity contribution is 0.233. The van der Waals surface area contributed by atoms with Gasteiger partial charge in [0.1, 0.15) is 0 Å². The third-order valence-corrected chi connectivity index (χ3v) is 5.63. The van der Waals surface area contributed by atoms with E-state index >= 15 is 0 Å². The van der Waals surface area contributed by atoms with E-state index in [1.807, 2.05) is 0 Å². The molecule has 3 rings (SSSR count). The van der Waals surface area contributed by atoms with Crippen LogP contribution in [0.3, 0.4) is 0 Å². The SMILES string of the molecule is CC(C)C1(c2nc(C3CCCCCCC3)no2)CCNC1. The Hall–Kier alpha value is -0.900. The minimum absolute atomic E-state index is 0.0485. The third-order valence-electron chi connectivity index (χ3n) is 5.63. The van der Waals surface area contributed by atoms with Crippen LogP contribution in [-0.4, -0.2) is 23.2 Å². The van der Waals surface area contributed by atoms with Gasteiger partial charge in [0, 0.05) is 12.5 Å². The summed E-state index contributed by atoms with van der Waals surface area (Å²) < 4.78 is 5.74. The Labute approximate surface area is 128 Å². The molecule has 1 saturated carbocycles. The van der Waals surface area contributed by atoms with E-state index in [2.05, 4.69) is 24.3 Å². The molecular formula is C17H29N3O. The van der Waals surface area contributed by atoms with Gasteiger partial charge in [-0.2, -0.15) is 4.98 Å². The molecule has 1 aromatic rings. The fourth-order valence-electron chi connectivity index (χ4n) is 3.95. The van der Waals surface area contributed by atoms with Crippen LogP contribution in [0.2, 0.25) is 0 Å². The quantitative estimate of drug-likeness (QED) is 0.920. The van der Waals surface area contributed by atoms with Gasteiger partial charge in [-0.15, -0.1) is 0 Å². The van der Waals surface area contributed by atoms with E-state index in [4.69, 9.17) is 9.51 Å². The second-order valence-corrected chi connectivity index (χ2v) is 7.24. The molecule has 2 fully saturated rings. The van der Waals surface area contributed by atoms with Crippen molar-refractivity contribution in [1.29, 1.82) is 0 Å². The largest absolute Gasteiger partial charge is 0.339 e. The van der Waals surface area contributed by atoms with E-state index in [9.17, 15) is 0 Å². The van der Waals surface area contributed by atoms with Gasteiger partial charge in [0.15, 0.2) is 5.82 Å². The van der Waals surface area contributed by atoms with Crippen molar-refractivity contribution in [2.24, 2.45) is 5.92 Å². The van der Waals surface area contributed by atoms with Crippen molar-refractivity contribution in [3.63, 3.8) is 0 Å². The summed E-state index contributed by atoms with van der Waals surface area (Å²) in [6.07, 6.45) is 10.3. The molecule has 1 atom stereocenters. The molecule has 0 amide bonds. The Kier molecular flexibility index (Phi) is 4.63. The van der Waals surface area contributed by atoms with Crippen LogP contribution >= 0.6 is 0 Å². The fraction of sp³-hybridized carbons (Fsp3) is 0.882. The van der Waals surface area contributed by atoms with Crippen molar-refractivity contribution in [2.75, 3.05) is 13.1 Å². The molecular weight excluding hydrogens is 262 g/mol. The lowest BCUT2D eigenvalue weighted by Gasteiger charge is -2.28. The number of nitrogens with zero attached hydrogens (tertiary/aromatic N) is 2. The summed E-state index contributed by atoms with van der Waals surface area (Å²) >= 11 is 0. The molecule has 1 saturated heterocycles. The molecule has 4 nitrogen and oxygen atoms in total. The minimum Gasteiger partial charge on any atom is -0.339 e. The summed E-state index contributed by atoms with van der Waals surface area (Å²) in [5.74, 6) is 2.89. The molecule has 1 unspecified atom stereocenters. The zero-order valence-electron chi connectivity index (χ0n) is 13.5. The molecule has 0 bridgehead atoms. The van der Waals surface area contributed by atoms with Crippen molar-refractivity contribution in [2.45, 2.75) is 76.5 Å². The summed E-state index contributed by atoms with van der Waals surface area (Å²) in [7, 11) is 0. The van der Waals surface area contributed by atoms with Crippen LogP contribution in [0.25, 0.3) is 0 Å². The van der Waals surface area contributed by atoms with Gasteiger partial charge in [0.05, 0.1) is 5.41 Å². The lowest BCUT2D eigenvalue weighted by Crippen LogP contribution is -2.35. The molecule has 1 aromatic heterocycles. The molecule has 2 aliphatic rings. The average molecular weight is 291 g/mol. The highest BCUT2D eigenvalue weighted by molar-refractivity contribution is 5.13. The van der Waals surface area contributed by atoms with Crippen LogP contribution in [0.4, 0.5) is 0 Å². The zero-order valence-corrected chi connectivity index (χ0v) is 13.5. The molecule has 2 heterocycles. The molecule has 0 spiro atoms. The molecule has 1 aliphatic heterocycles. The Morgan fingerprint density at radius 2 is 1.86 bits per heavy atom. The van der Waals surface area contributed by atoms with Gasteiger partial charge in [-0.25, -0.2) is 0 Å². The first-order valence-electron chi connectivity index (χ1n) is 8.77. The van der Waals surface area contributed by atoms with Gasteiger partial charge < -0.3 is 9.84 Å². The zero-order chi connectivity index (χ0) is 14.7. The van der Waals surface area contributed by atoms with Crippen molar-refractivity contribution in [3.05, 3.63) is 11.7 Å². The third kappa shape index (κ3) is 3.01.